The first-order valence-corrected chi connectivity index (χ1v) is 7.43. The molecule has 0 saturated heterocycles. The van der Waals surface area contributed by atoms with E-state index >= 15 is 0 Å². The van der Waals surface area contributed by atoms with Crippen molar-refractivity contribution in [2.24, 2.45) is 5.41 Å². The smallest absolute Gasteiger partial charge is 0.315 e. The Hall–Kier alpha value is -1.26. The lowest BCUT2D eigenvalue weighted by Crippen LogP contribution is -2.55. The quantitative estimate of drug-likeness (QED) is 0.742. The van der Waals surface area contributed by atoms with Crippen LogP contribution in [0.2, 0.25) is 0 Å². The minimum atomic E-state index is -0.894. The summed E-state index contributed by atoms with van der Waals surface area (Å²) < 4.78 is 0. The fourth-order valence-electron chi connectivity index (χ4n) is 2.67. The van der Waals surface area contributed by atoms with Crippen molar-refractivity contribution in [1.82, 2.24) is 10.6 Å². The Labute approximate surface area is 121 Å². The number of hydrogen-bond donors (Lipinski definition) is 3. The molecule has 5 heteroatoms. The second-order valence-electron chi connectivity index (χ2n) is 7.24. The summed E-state index contributed by atoms with van der Waals surface area (Å²) in [6.45, 7) is 7.87. The van der Waals surface area contributed by atoms with Crippen molar-refractivity contribution in [3.8, 4) is 0 Å². The minimum absolute atomic E-state index is 0.0619. The molecule has 1 saturated carbocycles. The lowest BCUT2D eigenvalue weighted by molar-refractivity contribution is -0.138. The Bertz CT molecular complexity index is 355. The van der Waals surface area contributed by atoms with Crippen LogP contribution in [-0.4, -0.2) is 28.7 Å². The van der Waals surface area contributed by atoms with E-state index in [9.17, 15) is 9.59 Å². The molecule has 1 fully saturated rings. The van der Waals surface area contributed by atoms with Gasteiger partial charge >= 0.3 is 12.0 Å². The molecule has 1 rings (SSSR count). The molecule has 0 bridgehead atoms. The molecule has 20 heavy (non-hydrogen) atoms. The van der Waals surface area contributed by atoms with Gasteiger partial charge in [0.25, 0.3) is 0 Å². The third kappa shape index (κ3) is 5.39. The maximum atomic E-state index is 12.1. The summed E-state index contributed by atoms with van der Waals surface area (Å²) in [5.74, 6) is -0.894. The van der Waals surface area contributed by atoms with E-state index < -0.39 is 5.97 Å². The van der Waals surface area contributed by atoms with Gasteiger partial charge < -0.3 is 15.7 Å². The van der Waals surface area contributed by atoms with Gasteiger partial charge in [0.15, 0.2) is 0 Å². The molecule has 1 aliphatic carbocycles. The molecule has 0 aromatic heterocycles. The van der Waals surface area contributed by atoms with Gasteiger partial charge in [-0.2, -0.15) is 0 Å². The Morgan fingerprint density at radius 3 is 2.20 bits per heavy atom. The van der Waals surface area contributed by atoms with Gasteiger partial charge in [0.1, 0.15) is 0 Å². The standard InChI is InChI=1S/C15H28N2O3/c1-14(2,3)11(10-12(18)19)16-13(20)17-15(4)8-6-5-7-9-15/h11H,5-10H2,1-4H3,(H,18,19)(H2,16,17,20). The highest BCUT2D eigenvalue weighted by Gasteiger charge is 2.32. The summed E-state index contributed by atoms with van der Waals surface area (Å²) in [5.41, 5.74) is -0.447. The highest BCUT2D eigenvalue weighted by molar-refractivity contribution is 5.76. The normalized spacial score (nSPS) is 20.0. The second-order valence-corrected chi connectivity index (χ2v) is 7.24. The molecular weight excluding hydrogens is 256 g/mol. The molecule has 0 aliphatic heterocycles. The number of amides is 2. The van der Waals surface area contributed by atoms with Gasteiger partial charge in [-0.05, 0) is 25.2 Å². The van der Waals surface area contributed by atoms with Crippen LogP contribution in [0.15, 0.2) is 0 Å². The average molecular weight is 284 g/mol. The van der Waals surface area contributed by atoms with Crippen molar-refractivity contribution in [3.63, 3.8) is 0 Å². The number of urea groups is 1. The summed E-state index contributed by atoms with van der Waals surface area (Å²) in [6, 6.07) is -0.636. The fraction of sp³-hybridized carbons (Fsp3) is 0.867. The van der Waals surface area contributed by atoms with E-state index in [1.807, 2.05) is 20.8 Å². The van der Waals surface area contributed by atoms with Crippen molar-refractivity contribution in [2.75, 3.05) is 0 Å². The van der Waals surface area contributed by atoms with Gasteiger partial charge in [-0.25, -0.2) is 4.79 Å². The molecule has 5 nitrogen and oxygen atoms in total. The first-order valence-electron chi connectivity index (χ1n) is 7.43. The number of nitrogens with one attached hydrogen (secondary N) is 2. The van der Waals surface area contributed by atoms with Crippen LogP contribution in [0.5, 0.6) is 0 Å². The third-order valence-electron chi connectivity index (χ3n) is 4.10. The largest absolute Gasteiger partial charge is 0.481 e. The summed E-state index contributed by atoms with van der Waals surface area (Å²) in [4.78, 5) is 23.1. The predicted molar refractivity (Wildman–Crippen MR) is 78.7 cm³/mol. The van der Waals surface area contributed by atoms with Crippen LogP contribution in [0.1, 0.15) is 66.2 Å². The zero-order valence-electron chi connectivity index (χ0n) is 13.1. The zero-order chi connectivity index (χ0) is 15.4. The van der Waals surface area contributed by atoms with Crippen LogP contribution < -0.4 is 10.6 Å². The van der Waals surface area contributed by atoms with E-state index in [1.54, 1.807) is 0 Å². The molecule has 2 amide bonds. The molecular formula is C15H28N2O3. The van der Waals surface area contributed by atoms with Gasteiger partial charge in [0.2, 0.25) is 0 Å². The number of aliphatic carboxylic acids is 1. The van der Waals surface area contributed by atoms with E-state index in [4.69, 9.17) is 5.11 Å². The fourth-order valence-corrected chi connectivity index (χ4v) is 2.67. The number of rotatable bonds is 4. The van der Waals surface area contributed by atoms with E-state index in [0.29, 0.717) is 0 Å². The van der Waals surface area contributed by atoms with Crippen LogP contribution in [0.25, 0.3) is 0 Å². The molecule has 1 unspecified atom stereocenters. The monoisotopic (exact) mass is 284 g/mol. The number of carbonyl (C=O) groups is 2. The van der Waals surface area contributed by atoms with Crippen molar-refractivity contribution < 1.29 is 14.7 Å². The summed E-state index contributed by atoms with van der Waals surface area (Å²) in [5, 5.41) is 14.8. The maximum absolute atomic E-state index is 12.1. The van der Waals surface area contributed by atoms with Crippen LogP contribution in [0, 0.1) is 5.41 Å². The molecule has 116 valence electrons. The average Bonchev–Trinajstić information content (AvgIpc) is 2.26. The molecule has 3 N–H and O–H groups in total. The van der Waals surface area contributed by atoms with Crippen molar-refractivity contribution in [2.45, 2.75) is 77.8 Å². The highest BCUT2D eigenvalue weighted by atomic mass is 16.4. The van der Waals surface area contributed by atoms with Crippen LogP contribution in [0.3, 0.4) is 0 Å². The highest BCUT2D eigenvalue weighted by Crippen LogP contribution is 2.27. The number of carbonyl (C=O) groups excluding carboxylic acids is 1. The topological polar surface area (TPSA) is 78.4 Å². The number of hydrogen-bond acceptors (Lipinski definition) is 2. The van der Waals surface area contributed by atoms with Gasteiger partial charge in [-0.1, -0.05) is 40.0 Å². The summed E-state index contributed by atoms with van der Waals surface area (Å²) in [7, 11) is 0. The number of carboxylic acids is 1. The van der Waals surface area contributed by atoms with Crippen molar-refractivity contribution in [3.05, 3.63) is 0 Å². The first-order chi connectivity index (χ1) is 9.12. The molecule has 0 aromatic rings. The predicted octanol–water partition coefficient (Wildman–Crippen LogP) is 2.90. The van der Waals surface area contributed by atoms with Crippen LogP contribution in [0.4, 0.5) is 4.79 Å². The molecule has 1 aliphatic rings. The van der Waals surface area contributed by atoms with Crippen LogP contribution in [-0.2, 0) is 4.79 Å². The summed E-state index contributed by atoms with van der Waals surface area (Å²) >= 11 is 0. The molecule has 1 atom stereocenters. The lowest BCUT2D eigenvalue weighted by atomic mass is 9.83. The Balaban J connectivity index is 2.59. The van der Waals surface area contributed by atoms with Gasteiger partial charge in [0.05, 0.1) is 6.42 Å². The number of carboxylic acid groups (broad SMARTS) is 1. The lowest BCUT2D eigenvalue weighted by Gasteiger charge is -2.36. The van der Waals surface area contributed by atoms with Crippen LogP contribution >= 0.6 is 0 Å². The zero-order valence-corrected chi connectivity index (χ0v) is 13.1. The van der Waals surface area contributed by atoms with E-state index in [1.165, 1.54) is 6.42 Å². The van der Waals surface area contributed by atoms with E-state index in [2.05, 4.69) is 17.6 Å². The minimum Gasteiger partial charge on any atom is -0.481 e. The van der Waals surface area contributed by atoms with E-state index in [-0.39, 0.29) is 29.4 Å². The van der Waals surface area contributed by atoms with Gasteiger partial charge in [-0.15, -0.1) is 0 Å². The van der Waals surface area contributed by atoms with Crippen molar-refractivity contribution in [1.29, 1.82) is 0 Å². The Morgan fingerprint density at radius 1 is 1.20 bits per heavy atom. The SMILES string of the molecule is CC1(NC(=O)NC(CC(=O)O)C(C)(C)C)CCCCC1. The first kappa shape index (κ1) is 16.8. The van der Waals surface area contributed by atoms with Gasteiger partial charge in [0, 0.05) is 11.6 Å². The molecule has 0 radical (unpaired) electrons. The molecule has 0 heterocycles. The van der Waals surface area contributed by atoms with Gasteiger partial charge in [-0.3, -0.25) is 4.79 Å². The molecule has 0 aromatic carbocycles. The third-order valence-corrected chi connectivity index (χ3v) is 4.10. The Kier molecular flexibility index (Phi) is 5.42. The Morgan fingerprint density at radius 2 is 1.75 bits per heavy atom. The van der Waals surface area contributed by atoms with Crippen molar-refractivity contribution >= 4 is 12.0 Å². The molecule has 0 spiro atoms. The summed E-state index contributed by atoms with van der Waals surface area (Å²) in [6.07, 6.45) is 5.40. The maximum Gasteiger partial charge on any atom is 0.315 e. The van der Waals surface area contributed by atoms with E-state index in [0.717, 1.165) is 25.7 Å². The second kappa shape index (κ2) is 6.46.